The first-order valence-corrected chi connectivity index (χ1v) is 6.17. The van der Waals surface area contributed by atoms with Gasteiger partial charge in [0.05, 0.1) is 9.75 Å². The van der Waals surface area contributed by atoms with Gasteiger partial charge in [-0.1, -0.05) is 35.8 Å². The minimum atomic E-state index is -0.659. The van der Waals surface area contributed by atoms with Crippen LogP contribution in [0.25, 0.3) is 0 Å². The van der Waals surface area contributed by atoms with Gasteiger partial charge in [-0.25, -0.2) is 0 Å². The van der Waals surface area contributed by atoms with Crippen LogP contribution in [0.3, 0.4) is 0 Å². The van der Waals surface area contributed by atoms with Crippen molar-refractivity contribution in [2.24, 2.45) is 5.92 Å². The van der Waals surface area contributed by atoms with Crippen LogP contribution in [0.1, 0.15) is 13.8 Å². The number of nitro groups is 1. The van der Waals surface area contributed by atoms with Crippen molar-refractivity contribution in [3.8, 4) is 5.75 Å². The highest BCUT2D eigenvalue weighted by molar-refractivity contribution is 9.10. The number of amides is 1. The predicted molar refractivity (Wildman–Crippen MR) is 70.9 cm³/mol. The summed E-state index contributed by atoms with van der Waals surface area (Å²) in [7, 11) is 0. The summed E-state index contributed by atoms with van der Waals surface area (Å²) >= 11 is 3.19. The number of halogens is 1. The van der Waals surface area contributed by atoms with E-state index in [1.807, 2.05) is 13.8 Å². The highest BCUT2D eigenvalue weighted by Gasteiger charge is 2.24. The molecule has 0 aromatic heterocycles. The van der Waals surface area contributed by atoms with Gasteiger partial charge in [0.25, 0.3) is 5.69 Å². The van der Waals surface area contributed by atoms with E-state index in [0.717, 1.165) is 0 Å². The minimum absolute atomic E-state index is 0.0231. The number of carbonyl (C=O) groups excluding carboxylic acids is 1. The van der Waals surface area contributed by atoms with Gasteiger partial charge in [-0.2, -0.15) is 0 Å². The molecule has 6 nitrogen and oxygen atoms in total. The van der Waals surface area contributed by atoms with Crippen LogP contribution in [0.2, 0.25) is 0 Å². The number of hydrogen-bond acceptors (Lipinski definition) is 4. The van der Waals surface area contributed by atoms with Crippen LogP contribution in [0, 0.1) is 16.0 Å². The van der Waals surface area contributed by atoms with Crippen molar-refractivity contribution in [3.05, 3.63) is 28.3 Å². The number of anilines is 1. The molecule has 1 atom stereocenters. The van der Waals surface area contributed by atoms with Crippen LogP contribution in [-0.4, -0.2) is 20.8 Å². The number of alkyl halides is 1. The van der Waals surface area contributed by atoms with E-state index in [-0.39, 0.29) is 23.0 Å². The second kappa shape index (κ2) is 5.81. The number of phenols is 1. The zero-order valence-electron chi connectivity index (χ0n) is 9.88. The molecule has 0 spiro atoms. The number of nitrogens with zero attached hydrogens (tertiary/aromatic N) is 1. The Morgan fingerprint density at radius 1 is 1.50 bits per heavy atom. The fourth-order valence-electron chi connectivity index (χ4n) is 1.30. The molecular formula is C11H13BrN2O4. The van der Waals surface area contributed by atoms with Gasteiger partial charge in [0.1, 0.15) is 5.75 Å². The van der Waals surface area contributed by atoms with Crippen molar-refractivity contribution >= 4 is 33.2 Å². The number of aromatic hydroxyl groups is 1. The van der Waals surface area contributed by atoms with Crippen LogP contribution >= 0.6 is 15.9 Å². The number of benzene rings is 1. The van der Waals surface area contributed by atoms with Crippen molar-refractivity contribution < 1.29 is 14.8 Å². The molecule has 0 heterocycles. The van der Waals surface area contributed by atoms with Crippen molar-refractivity contribution in [1.82, 2.24) is 0 Å². The summed E-state index contributed by atoms with van der Waals surface area (Å²) in [6.07, 6.45) is 0. The fourth-order valence-corrected chi connectivity index (χ4v) is 1.42. The van der Waals surface area contributed by atoms with E-state index >= 15 is 0 Å². The number of rotatable bonds is 4. The summed E-state index contributed by atoms with van der Waals surface area (Å²) in [5.74, 6) is -0.745. The van der Waals surface area contributed by atoms with Crippen LogP contribution in [-0.2, 0) is 4.79 Å². The smallest absolute Gasteiger partial charge is 0.296 e. The molecule has 7 heteroatoms. The van der Waals surface area contributed by atoms with Gasteiger partial charge in [-0.05, 0) is 12.0 Å². The minimum Gasteiger partial charge on any atom is -0.505 e. The first-order chi connectivity index (χ1) is 8.34. The molecule has 0 bridgehead atoms. The van der Waals surface area contributed by atoms with Crippen LogP contribution in [0.4, 0.5) is 11.4 Å². The summed E-state index contributed by atoms with van der Waals surface area (Å²) < 4.78 is 0. The first-order valence-electron chi connectivity index (χ1n) is 5.26. The molecule has 1 unspecified atom stereocenters. The monoisotopic (exact) mass is 316 g/mol. The van der Waals surface area contributed by atoms with E-state index in [1.165, 1.54) is 18.2 Å². The molecule has 98 valence electrons. The normalized spacial score (nSPS) is 12.2. The lowest BCUT2D eigenvalue weighted by molar-refractivity contribution is -0.384. The Hall–Kier alpha value is -1.63. The standard InChI is InChI=1S/C11H13BrN2O4/c1-6(2)9(12)11(16)13-10-7(14(17)18)4-3-5-8(10)15/h3-6,9,15H,1-2H3,(H,13,16). The number of phenolic OH excluding ortho intramolecular Hbond substituents is 1. The maximum Gasteiger partial charge on any atom is 0.296 e. The summed E-state index contributed by atoms with van der Waals surface area (Å²) in [5, 5.41) is 22.7. The van der Waals surface area contributed by atoms with Crippen LogP contribution in [0.5, 0.6) is 5.75 Å². The Bertz CT molecular complexity index is 476. The molecule has 1 aromatic rings. The van der Waals surface area contributed by atoms with Crippen molar-refractivity contribution in [1.29, 1.82) is 0 Å². The SMILES string of the molecule is CC(C)C(Br)C(=O)Nc1c(O)cccc1[N+](=O)[O-]. The summed E-state index contributed by atoms with van der Waals surface area (Å²) in [6.45, 7) is 3.66. The fraction of sp³-hybridized carbons (Fsp3) is 0.364. The molecule has 0 radical (unpaired) electrons. The van der Waals surface area contributed by atoms with Gasteiger partial charge in [0.15, 0.2) is 5.69 Å². The van der Waals surface area contributed by atoms with E-state index in [2.05, 4.69) is 21.2 Å². The number of para-hydroxylation sites is 1. The third-order valence-electron chi connectivity index (χ3n) is 2.30. The van der Waals surface area contributed by atoms with E-state index in [0.29, 0.717) is 0 Å². The Balaban J connectivity index is 3.04. The highest BCUT2D eigenvalue weighted by atomic mass is 79.9. The van der Waals surface area contributed by atoms with Crippen molar-refractivity contribution in [2.75, 3.05) is 5.32 Å². The first kappa shape index (κ1) is 14.4. The van der Waals surface area contributed by atoms with Gasteiger partial charge in [0, 0.05) is 6.07 Å². The molecule has 1 rings (SSSR count). The van der Waals surface area contributed by atoms with Gasteiger partial charge < -0.3 is 10.4 Å². The molecule has 2 N–H and O–H groups in total. The molecule has 0 aliphatic heterocycles. The molecule has 1 aromatic carbocycles. The Morgan fingerprint density at radius 3 is 2.61 bits per heavy atom. The van der Waals surface area contributed by atoms with Crippen molar-refractivity contribution in [3.63, 3.8) is 0 Å². The summed E-state index contributed by atoms with van der Waals surface area (Å²) in [5.41, 5.74) is -0.524. The van der Waals surface area contributed by atoms with E-state index in [4.69, 9.17) is 0 Å². The molecular weight excluding hydrogens is 304 g/mol. The topological polar surface area (TPSA) is 92.5 Å². The number of nitrogens with one attached hydrogen (secondary N) is 1. The Morgan fingerprint density at radius 2 is 2.11 bits per heavy atom. The second-order valence-electron chi connectivity index (χ2n) is 4.06. The van der Waals surface area contributed by atoms with Gasteiger partial charge in [0.2, 0.25) is 5.91 Å². The van der Waals surface area contributed by atoms with E-state index < -0.39 is 15.7 Å². The molecule has 1 amide bonds. The maximum absolute atomic E-state index is 11.8. The van der Waals surface area contributed by atoms with Crippen molar-refractivity contribution in [2.45, 2.75) is 18.7 Å². The van der Waals surface area contributed by atoms with Gasteiger partial charge >= 0.3 is 0 Å². The molecule has 18 heavy (non-hydrogen) atoms. The van der Waals surface area contributed by atoms with Gasteiger partial charge in [-0.3, -0.25) is 14.9 Å². The number of carbonyl (C=O) groups is 1. The number of hydrogen-bond donors (Lipinski definition) is 2. The molecule has 0 aliphatic carbocycles. The summed E-state index contributed by atoms with van der Waals surface area (Å²) in [6, 6.07) is 3.84. The van der Waals surface area contributed by atoms with E-state index in [9.17, 15) is 20.0 Å². The lowest BCUT2D eigenvalue weighted by atomic mass is 10.1. The molecule has 0 saturated carbocycles. The lowest BCUT2D eigenvalue weighted by Crippen LogP contribution is -2.27. The van der Waals surface area contributed by atoms with Crippen LogP contribution in [0.15, 0.2) is 18.2 Å². The summed E-state index contributed by atoms with van der Waals surface area (Å²) in [4.78, 5) is 21.4. The largest absolute Gasteiger partial charge is 0.505 e. The van der Waals surface area contributed by atoms with Crippen LogP contribution < -0.4 is 5.32 Å². The second-order valence-corrected chi connectivity index (χ2v) is 5.05. The third-order valence-corrected chi connectivity index (χ3v) is 3.77. The molecule has 0 fully saturated rings. The predicted octanol–water partition coefficient (Wildman–Crippen LogP) is 2.66. The average Bonchev–Trinajstić information content (AvgIpc) is 2.30. The maximum atomic E-state index is 11.8. The molecule has 0 saturated heterocycles. The Labute approximate surface area is 112 Å². The van der Waals surface area contributed by atoms with Gasteiger partial charge in [-0.15, -0.1) is 0 Å². The zero-order chi connectivity index (χ0) is 13.9. The Kier molecular flexibility index (Phi) is 4.66. The third kappa shape index (κ3) is 3.19. The average molecular weight is 317 g/mol. The number of nitro benzene ring substituents is 1. The highest BCUT2D eigenvalue weighted by Crippen LogP contribution is 2.33. The quantitative estimate of drug-likeness (QED) is 0.386. The lowest BCUT2D eigenvalue weighted by Gasteiger charge is -2.14. The van der Waals surface area contributed by atoms with E-state index in [1.54, 1.807) is 0 Å². The molecule has 0 aliphatic rings. The zero-order valence-corrected chi connectivity index (χ0v) is 11.5.